The van der Waals surface area contributed by atoms with Gasteiger partial charge in [0.2, 0.25) is 0 Å². The van der Waals surface area contributed by atoms with Crippen LogP contribution in [0.4, 0.5) is 0 Å². The number of halogens is 2. The third kappa shape index (κ3) is 3.70. The van der Waals surface area contributed by atoms with Gasteiger partial charge in [0.15, 0.2) is 4.67 Å². The molecule has 2 nitrogen and oxygen atoms in total. The summed E-state index contributed by atoms with van der Waals surface area (Å²) in [5.74, 6) is 0.982. The maximum absolute atomic E-state index is 5.67. The van der Waals surface area contributed by atoms with Crippen LogP contribution in [0.3, 0.4) is 0 Å². The normalized spacial score (nSPS) is 12.8. The van der Waals surface area contributed by atoms with E-state index in [9.17, 15) is 0 Å². The van der Waals surface area contributed by atoms with Crippen LogP contribution in [0.25, 0.3) is 0 Å². The van der Waals surface area contributed by atoms with Crippen LogP contribution >= 0.6 is 43.2 Å². The van der Waals surface area contributed by atoms with E-state index < -0.39 is 0 Å². The first-order valence-electron chi connectivity index (χ1n) is 5.91. The van der Waals surface area contributed by atoms with Crippen molar-refractivity contribution in [1.29, 1.82) is 0 Å². The Hall–Kier alpha value is -0.100. The minimum Gasteiger partial charge on any atom is -0.453 e. The van der Waals surface area contributed by atoms with Crippen molar-refractivity contribution in [2.75, 3.05) is 6.54 Å². The molecular weight excluding hydrogens is 378 g/mol. The van der Waals surface area contributed by atoms with Gasteiger partial charge in [-0.3, -0.25) is 0 Å². The van der Waals surface area contributed by atoms with E-state index in [-0.39, 0.29) is 6.04 Å². The predicted molar refractivity (Wildman–Crippen MR) is 83.2 cm³/mol. The molecule has 0 saturated heterocycles. The van der Waals surface area contributed by atoms with E-state index in [1.165, 1.54) is 9.35 Å². The monoisotopic (exact) mass is 391 g/mol. The van der Waals surface area contributed by atoms with Crippen molar-refractivity contribution in [3.8, 4) is 0 Å². The fraction of sp³-hybridized carbons (Fsp3) is 0.385. The molecule has 2 rings (SSSR count). The third-order valence-electron chi connectivity index (χ3n) is 2.66. The van der Waals surface area contributed by atoms with E-state index in [0.29, 0.717) is 0 Å². The molecule has 0 saturated carbocycles. The molecule has 0 aliphatic carbocycles. The summed E-state index contributed by atoms with van der Waals surface area (Å²) in [7, 11) is 0. The van der Waals surface area contributed by atoms with Crippen LogP contribution < -0.4 is 5.32 Å². The summed E-state index contributed by atoms with van der Waals surface area (Å²) < 4.78 is 7.64. The molecule has 0 radical (unpaired) electrons. The molecule has 0 spiro atoms. The van der Waals surface area contributed by atoms with Gasteiger partial charge in [0.05, 0.1) is 6.04 Å². The molecule has 1 N–H and O–H groups in total. The van der Waals surface area contributed by atoms with Crippen LogP contribution in [0.2, 0.25) is 0 Å². The lowest BCUT2D eigenvalue weighted by Gasteiger charge is -2.15. The number of hydrogen-bond donors (Lipinski definition) is 1. The molecule has 1 atom stereocenters. The second kappa shape index (κ2) is 6.89. The minimum absolute atomic E-state index is 0.228. The Morgan fingerprint density at radius 1 is 1.33 bits per heavy atom. The average molecular weight is 393 g/mol. The molecular formula is C13H15Br2NOS. The molecule has 98 valence electrons. The van der Waals surface area contributed by atoms with E-state index in [1.54, 1.807) is 11.3 Å². The highest BCUT2D eigenvalue weighted by molar-refractivity contribution is 9.10. The van der Waals surface area contributed by atoms with E-state index in [0.717, 1.165) is 29.8 Å². The number of furan rings is 1. The standard InChI is InChI=1S/C13H15Br2NOS/c1-2-6-16-10(11-3-4-13(15)17-11)8-12-9(14)5-7-18-12/h3-5,7,10,16H,2,6,8H2,1H3. The molecule has 0 amide bonds. The van der Waals surface area contributed by atoms with E-state index in [4.69, 9.17) is 4.42 Å². The summed E-state index contributed by atoms with van der Waals surface area (Å²) in [4.78, 5) is 1.34. The Labute approximate surface area is 128 Å². The Balaban J connectivity index is 2.12. The summed E-state index contributed by atoms with van der Waals surface area (Å²) in [6.45, 7) is 3.16. The highest BCUT2D eigenvalue weighted by atomic mass is 79.9. The largest absolute Gasteiger partial charge is 0.453 e. The lowest BCUT2D eigenvalue weighted by molar-refractivity contribution is 0.401. The summed E-state index contributed by atoms with van der Waals surface area (Å²) in [5.41, 5.74) is 0. The van der Waals surface area contributed by atoms with Gasteiger partial charge in [-0.25, -0.2) is 0 Å². The second-order valence-corrected chi connectivity index (χ2v) is 6.68. The predicted octanol–water partition coefficient (Wildman–Crippen LogP) is 5.15. The van der Waals surface area contributed by atoms with E-state index in [2.05, 4.69) is 55.5 Å². The molecule has 0 aromatic carbocycles. The van der Waals surface area contributed by atoms with Gasteiger partial charge in [0.25, 0.3) is 0 Å². The lowest BCUT2D eigenvalue weighted by Crippen LogP contribution is -2.23. The van der Waals surface area contributed by atoms with Gasteiger partial charge in [-0.05, 0) is 68.4 Å². The van der Waals surface area contributed by atoms with Gasteiger partial charge in [0.1, 0.15) is 5.76 Å². The summed E-state index contributed by atoms with van der Waals surface area (Å²) in [6.07, 6.45) is 2.06. The Morgan fingerprint density at radius 2 is 2.17 bits per heavy atom. The van der Waals surface area contributed by atoms with Gasteiger partial charge < -0.3 is 9.73 Å². The maximum Gasteiger partial charge on any atom is 0.169 e. The summed E-state index contributed by atoms with van der Waals surface area (Å²) in [5, 5.41) is 5.64. The first-order valence-corrected chi connectivity index (χ1v) is 8.37. The van der Waals surface area contributed by atoms with Crippen molar-refractivity contribution in [3.63, 3.8) is 0 Å². The van der Waals surface area contributed by atoms with Gasteiger partial charge in [-0.15, -0.1) is 11.3 Å². The Kier molecular flexibility index (Phi) is 5.48. The summed E-state index contributed by atoms with van der Waals surface area (Å²) in [6, 6.07) is 6.29. The van der Waals surface area contributed by atoms with E-state index >= 15 is 0 Å². The Morgan fingerprint density at radius 3 is 2.72 bits per heavy atom. The Bertz CT molecular complexity index is 495. The smallest absolute Gasteiger partial charge is 0.169 e. The number of hydrogen-bond acceptors (Lipinski definition) is 3. The quantitative estimate of drug-likeness (QED) is 0.735. The van der Waals surface area contributed by atoms with Crippen LogP contribution in [0.5, 0.6) is 0 Å². The van der Waals surface area contributed by atoms with Crippen molar-refractivity contribution < 1.29 is 4.42 Å². The van der Waals surface area contributed by atoms with Crippen molar-refractivity contribution >= 4 is 43.2 Å². The molecule has 1 unspecified atom stereocenters. The zero-order valence-corrected chi connectivity index (χ0v) is 14.1. The summed E-state index contributed by atoms with van der Waals surface area (Å²) >= 11 is 8.72. The van der Waals surface area contributed by atoms with Gasteiger partial charge in [0, 0.05) is 15.8 Å². The average Bonchev–Trinajstić information content (AvgIpc) is 2.94. The van der Waals surface area contributed by atoms with Gasteiger partial charge in [-0.1, -0.05) is 6.92 Å². The van der Waals surface area contributed by atoms with Crippen molar-refractivity contribution in [3.05, 3.63) is 43.4 Å². The molecule has 0 bridgehead atoms. The van der Waals surface area contributed by atoms with Gasteiger partial charge in [-0.2, -0.15) is 0 Å². The highest BCUT2D eigenvalue weighted by Gasteiger charge is 2.17. The molecule has 2 aromatic heterocycles. The first-order chi connectivity index (χ1) is 8.70. The molecule has 18 heavy (non-hydrogen) atoms. The fourth-order valence-electron chi connectivity index (χ4n) is 1.76. The third-order valence-corrected chi connectivity index (χ3v) is 5.03. The molecule has 0 aliphatic heterocycles. The molecule has 0 fully saturated rings. The minimum atomic E-state index is 0.228. The maximum atomic E-state index is 5.67. The van der Waals surface area contributed by atoms with Crippen molar-refractivity contribution in [2.24, 2.45) is 0 Å². The van der Waals surface area contributed by atoms with Crippen molar-refractivity contribution in [1.82, 2.24) is 5.32 Å². The van der Waals surface area contributed by atoms with Crippen LogP contribution in [0.1, 0.15) is 30.0 Å². The SMILES string of the molecule is CCCNC(Cc1sccc1Br)c1ccc(Br)o1. The topological polar surface area (TPSA) is 25.2 Å². The van der Waals surface area contributed by atoms with Crippen LogP contribution in [-0.4, -0.2) is 6.54 Å². The second-order valence-electron chi connectivity index (χ2n) is 4.04. The first kappa shape index (κ1) is 14.3. The van der Waals surface area contributed by atoms with Crippen molar-refractivity contribution in [2.45, 2.75) is 25.8 Å². The fourth-order valence-corrected chi connectivity index (χ4v) is 3.64. The zero-order chi connectivity index (χ0) is 13.0. The number of thiophene rings is 1. The lowest BCUT2D eigenvalue weighted by atomic mass is 10.1. The van der Waals surface area contributed by atoms with Crippen LogP contribution in [0, 0.1) is 0 Å². The molecule has 2 heterocycles. The zero-order valence-electron chi connectivity index (χ0n) is 10.1. The van der Waals surface area contributed by atoms with E-state index in [1.807, 2.05) is 12.1 Å². The highest BCUT2D eigenvalue weighted by Crippen LogP contribution is 2.29. The van der Waals surface area contributed by atoms with Crippen LogP contribution in [-0.2, 0) is 6.42 Å². The molecule has 2 aromatic rings. The number of rotatable bonds is 6. The van der Waals surface area contributed by atoms with Crippen LogP contribution in [0.15, 0.2) is 37.1 Å². The molecule has 5 heteroatoms. The number of nitrogens with one attached hydrogen (secondary N) is 1. The molecule has 0 aliphatic rings. The van der Waals surface area contributed by atoms with Gasteiger partial charge >= 0.3 is 0 Å².